The Bertz CT molecular complexity index is 463. The van der Waals surface area contributed by atoms with Crippen LogP contribution in [0.5, 0.6) is 0 Å². The molecule has 16 heavy (non-hydrogen) atoms. The molecule has 0 spiro atoms. The first-order chi connectivity index (χ1) is 7.51. The molecule has 0 heteroatoms. The van der Waals surface area contributed by atoms with E-state index in [1.54, 1.807) is 0 Å². The molecule has 1 aliphatic rings. The van der Waals surface area contributed by atoms with E-state index in [-0.39, 0.29) is 5.41 Å². The molecule has 0 aromatic heterocycles. The van der Waals surface area contributed by atoms with E-state index in [1.807, 2.05) is 0 Å². The molecule has 0 bridgehead atoms. The van der Waals surface area contributed by atoms with Crippen LogP contribution < -0.4 is 0 Å². The van der Waals surface area contributed by atoms with Crippen LogP contribution in [0.2, 0.25) is 0 Å². The molecule has 2 rings (SSSR count). The number of hydrogen-bond acceptors (Lipinski definition) is 0. The summed E-state index contributed by atoms with van der Waals surface area (Å²) in [6, 6.07) is 6.75. The first kappa shape index (κ1) is 11.2. The smallest absolute Gasteiger partial charge is 0.0144 e. The first-order valence-corrected chi connectivity index (χ1v) is 5.95. The van der Waals surface area contributed by atoms with Crippen molar-refractivity contribution in [3.63, 3.8) is 0 Å². The predicted octanol–water partition coefficient (Wildman–Crippen LogP) is 4.47. The van der Waals surface area contributed by atoms with E-state index in [0.717, 1.165) is 6.42 Å². The maximum atomic E-state index is 2.35. The topological polar surface area (TPSA) is 0 Å². The molecule has 1 aromatic carbocycles. The van der Waals surface area contributed by atoms with Crippen LogP contribution in [-0.4, -0.2) is 0 Å². The Morgan fingerprint density at radius 2 is 1.88 bits per heavy atom. The Hall–Kier alpha value is -1.30. The summed E-state index contributed by atoms with van der Waals surface area (Å²) in [5.41, 5.74) is 5.76. The van der Waals surface area contributed by atoms with Crippen LogP contribution in [0.1, 0.15) is 37.0 Å². The number of allylic oxidation sites excluding steroid dienone is 4. The van der Waals surface area contributed by atoms with E-state index < -0.39 is 0 Å². The summed E-state index contributed by atoms with van der Waals surface area (Å²) in [7, 11) is 0. The normalized spacial score (nSPS) is 24.4. The summed E-state index contributed by atoms with van der Waals surface area (Å²) in [6.07, 6.45) is 8.04. The molecule has 0 saturated carbocycles. The fourth-order valence-electron chi connectivity index (χ4n) is 2.38. The molecule has 1 aromatic rings. The molecule has 0 fully saturated rings. The molecule has 84 valence electrons. The molecule has 0 nitrogen and oxygen atoms in total. The highest BCUT2D eigenvalue weighted by molar-refractivity contribution is 5.43. The second-order valence-electron chi connectivity index (χ2n) is 5.22. The molecular formula is C16H20. The molecule has 0 saturated heterocycles. The van der Waals surface area contributed by atoms with Crippen molar-refractivity contribution in [1.82, 2.24) is 0 Å². The van der Waals surface area contributed by atoms with Gasteiger partial charge >= 0.3 is 0 Å². The van der Waals surface area contributed by atoms with Gasteiger partial charge in [-0.25, -0.2) is 0 Å². The SMILES string of the molecule is CC1=CCC(C)(c2cc(C)ccc2C)C=C1. The maximum absolute atomic E-state index is 2.35. The Kier molecular flexibility index (Phi) is 2.75. The van der Waals surface area contributed by atoms with Crippen LogP contribution in [0.25, 0.3) is 0 Å². The van der Waals surface area contributed by atoms with Crippen LogP contribution in [0.3, 0.4) is 0 Å². The van der Waals surface area contributed by atoms with E-state index >= 15 is 0 Å². The summed E-state index contributed by atoms with van der Waals surface area (Å²) in [4.78, 5) is 0. The van der Waals surface area contributed by atoms with Gasteiger partial charge < -0.3 is 0 Å². The second-order valence-corrected chi connectivity index (χ2v) is 5.22. The van der Waals surface area contributed by atoms with Gasteiger partial charge in [0.05, 0.1) is 0 Å². The average molecular weight is 212 g/mol. The van der Waals surface area contributed by atoms with Gasteiger partial charge in [0.1, 0.15) is 0 Å². The molecule has 0 aliphatic heterocycles. The Morgan fingerprint density at radius 1 is 1.12 bits per heavy atom. The van der Waals surface area contributed by atoms with Gasteiger partial charge in [-0.1, -0.05) is 54.5 Å². The van der Waals surface area contributed by atoms with Gasteiger partial charge in [0.25, 0.3) is 0 Å². The average Bonchev–Trinajstić information content (AvgIpc) is 2.26. The summed E-state index contributed by atoms with van der Waals surface area (Å²) >= 11 is 0. The minimum Gasteiger partial charge on any atom is -0.0804 e. The zero-order valence-electron chi connectivity index (χ0n) is 10.7. The third kappa shape index (κ3) is 1.97. The fourth-order valence-corrected chi connectivity index (χ4v) is 2.38. The van der Waals surface area contributed by atoms with Gasteiger partial charge in [-0.2, -0.15) is 0 Å². The van der Waals surface area contributed by atoms with Crippen LogP contribution in [0, 0.1) is 13.8 Å². The predicted molar refractivity (Wildman–Crippen MR) is 70.8 cm³/mol. The van der Waals surface area contributed by atoms with E-state index in [4.69, 9.17) is 0 Å². The lowest BCUT2D eigenvalue weighted by Gasteiger charge is -2.30. The zero-order chi connectivity index (χ0) is 11.8. The maximum Gasteiger partial charge on any atom is 0.0144 e. The quantitative estimate of drug-likeness (QED) is 0.644. The van der Waals surface area contributed by atoms with E-state index in [2.05, 4.69) is 64.1 Å². The van der Waals surface area contributed by atoms with Gasteiger partial charge in [-0.3, -0.25) is 0 Å². The lowest BCUT2D eigenvalue weighted by Crippen LogP contribution is -2.21. The van der Waals surface area contributed by atoms with Crippen LogP contribution in [0.15, 0.2) is 42.0 Å². The third-order valence-electron chi connectivity index (χ3n) is 3.57. The number of rotatable bonds is 1. The monoisotopic (exact) mass is 212 g/mol. The van der Waals surface area contributed by atoms with Gasteiger partial charge in [0.15, 0.2) is 0 Å². The number of benzene rings is 1. The number of hydrogen-bond donors (Lipinski definition) is 0. The molecular weight excluding hydrogens is 192 g/mol. The summed E-state index contributed by atoms with van der Waals surface area (Å²) < 4.78 is 0. The Balaban J connectivity index is 2.45. The van der Waals surface area contributed by atoms with Crippen molar-refractivity contribution >= 4 is 0 Å². The van der Waals surface area contributed by atoms with Crippen LogP contribution >= 0.6 is 0 Å². The minimum absolute atomic E-state index is 0.176. The summed E-state index contributed by atoms with van der Waals surface area (Å²) in [5.74, 6) is 0. The lowest BCUT2D eigenvalue weighted by molar-refractivity contribution is 0.592. The molecule has 0 N–H and O–H groups in total. The molecule has 0 amide bonds. The van der Waals surface area contributed by atoms with Crippen molar-refractivity contribution < 1.29 is 0 Å². The molecule has 1 atom stereocenters. The Morgan fingerprint density at radius 3 is 2.50 bits per heavy atom. The van der Waals surface area contributed by atoms with Crippen molar-refractivity contribution in [1.29, 1.82) is 0 Å². The van der Waals surface area contributed by atoms with Crippen LogP contribution in [-0.2, 0) is 5.41 Å². The van der Waals surface area contributed by atoms with Crippen molar-refractivity contribution in [3.8, 4) is 0 Å². The Labute approximate surface area is 98.7 Å². The fraction of sp³-hybridized carbons (Fsp3) is 0.375. The van der Waals surface area contributed by atoms with Crippen molar-refractivity contribution in [2.24, 2.45) is 0 Å². The van der Waals surface area contributed by atoms with Crippen molar-refractivity contribution in [3.05, 3.63) is 58.7 Å². The highest BCUT2D eigenvalue weighted by Crippen LogP contribution is 2.35. The summed E-state index contributed by atoms with van der Waals surface area (Å²) in [6.45, 7) is 8.87. The molecule has 0 heterocycles. The van der Waals surface area contributed by atoms with Crippen molar-refractivity contribution in [2.75, 3.05) is 0 Å². The molecule has 1 unspecified atom stereocenters. The third-order valence-corrected chi connectivity index (χ3v) is 3.57. The zero-order valence-corrected chi connectivity index (χ0v) is 10.7. The van der Waals surface area contributed by atoms with Gasteiger partial charge in [0.2, 0.25) is 0 Å². The first-order valence-electron chi connectivity index (χ1n) is 5.95. The lowest BCUT2D eigenvalue weighted by atomic mass is 9.74. The molecule has 1 aliphatic carbocycles. The van der Waals surface area contributed by atoms with Gasteiger partial charge in [0, 0.05) is 5.41 Å². The summed E-state index contributed by atoms with van der Waals surface area (Å²) in [5, 5.41) is 0. The highest BCUT2D eigenvalue weighted by atomic mass is 14.3. The van der Waals surface area contributed by atoms with E-state index in [9.17, 15) is 0 Å². The second kappa shape index (κ2) is 3.93. The van der Waals surface area contributed by atoms with Gasteiger partial charge in [-0.05, 0) is 38.3 Å². The largest absolute Gasteiger partial charge is 0.0804 e. The van der Waals surface area contributed by atoms with Crippen LogP contribution in [0.4, 0.5) is 0 Å². The van der Waals surface area contributed by atoms with E-state index in [0.29, 0.717) is 0 Å². The van der Waals surface area contributed by atoms with E-state index in [1.165, 1.54) is 22.3 Å². The minimum atomic E-state index is 0.176. The standard InChI is InChI=1S/C16H20/c1-12-7-9-16(4,10-8-12)15-11-13(2)5-6-14(15)3/h5-9,11H,10H2,1-4H3. The highest BCUT2D eigenvalue weighted by Gasteiger charge is 2.25. The molecule has 0 radical (unpaired) electrons. The van der Waals surface area contributed by atoms with Gasteiger partial charge in [-0.15, -0.1) is 0 Å². The number of aryl methyl sites for hydroxylation is 2. The van der Waals surface area contributed by atoms with Crippen molar-refractivity contribution in [2.45, 2.75) is 39.5 Å².